The van der Waals surface area contributed by atoms with E-state index in [1.165, 1.54) is 38.9 Å². The Balaban J connectivity index is 2.00. The first-order chi connectivity index (χ1) is 5.42. The van der Waals surface area contributed by atoms with Crippen molar-refractivity contribution < 1.29 is 0 Å². The number of nitrogens with one attached hydrogen (secondary N) is 1. The third-order valence-corrected chi connectivity index (χ3v) is 3.16. The number of rotatable bonds is 1. The fraction of sp³-hybridized carbons (Fsp3) is 1.00. The minimum absolute atomic E-state index is 0.823. The predicted molar refractivity (Wildman–Crippen MR) is 46.7 cm³/mol. The van der Waals surface area contributed by atoms with Gasteiger partial charge in [0.2, 0.25) is 0 Å². The van der Waals surface area contributed by atoms with Crippen molar-refractivity contribution in [3.63, 3.8) is 0 Å². The molecule has 64 valence electrons. The largest absolute Gasteiger partial charge is 0.311 e. The number of fused-ring (bicyclic) bond motifs is 1. The number of hydrogen-bond donors (Lipinski definition) is 1. The summed E-state index contributed by atoms with van der Waals surface area (Å²) in [6.45, 7) is 5.98. The minimum atomic E-state index is 0.823. The lowest BCUT2D eigenvalue weighted by molar-refractivity contribution is 0.144. The van der Waals surface area contributed by atoms with Gasteiger partial charge in [-0.25, -0.2) is 0 Å². The highest BCUT2D eigenvalue weighted by Gasteiger charge is 2.33. The zero-order chi connectivity index (χ0) is 7.68. The Morgan fingerprint density at radius 1 is 1.45 bits per heavy atom. The normalized spacial score (nSPS) is 39.0. The maximum atomic E-state index is 3.60. The molecule has 2 aliphatic rings. The van der Waals surface area contributed by atoms with Crippen LogP contribution in [0.25, 0.3) is 0 Å². The van der Waals surface area contributed by atoms with Crippen molar-refractivity contribution in [2.45, 2.75) is 38.3 Å². The molecule has 1 saturated carbocycles. The zero-order valence-electron chi connectivity index (χ0n) is 7.34. The second kappa shape index (κ2) is 3.11. The Hall–Kier alpha value is -0.0800. The molecule has 2 atom stereocenters. The average Bonchev–Trinajstić information content (AvgIpc) is 2.50. The smallest absolute Gasteiger partial charge is 0.0249 e. The Bertz CT molecular complexity index is 136. The van der Waals surface area contributed by atoms with Gasteiger partial charge in [0.15, 0.2) is 0 Å². The van der Waals surface area contributed by atoms with Gasteiger partial charge in [-0.1, -0.05) is 13.3 Å². The molecule has 0 unspecified atom stereocenters. The zero-order valence-corrected chi connectivity index (χ0v) is 7.34. The summed E-state index contributed by atoms with van der Waals surface area (Å²) < 4.78 is 0. The summed E-state index contributed by atoms with van der Waals surface area (Å²) >= 11 is 0. The first kappa shape index (κ1) is 7.56. The van der Waals surface area contributed by atoms with Gasteiger partial charge in [0.25, 0.3) is 0 Å². The number of likely N-dealkylation sites (N-methyl/N-ethyl adjacent to an activating group) is 1. The van der Waals surface area contributed by atoms with Gasteiger partial charge in [-0.2, -0.15) is 0 Å². The molecule has 2 heteroatoms. The summed E-state index contributed by atoms with van der Waals surface area (Å²) in [6, 6.07) is 1.69. The maximum Gasteiger partial charge on any atom is 0.0249 e. The van der Waals surface area contributed by atoms with Crippen molar-refractivity contribution >= 4 is 0 Å². The summed E-state index contributed by atoms with van der Waals surface area (Å²) in [5.41, 5.74) is 0. The molecule has 1 N–H and O–H groups in total. The average molecular weight is 154 g/mol. The van der Waals surface area contributed by atoms with Gasteiger partial charge < -0.3 is 5.32 Å². The highest BCUT2D eigenvalue weighted by atomic mass is 15.2. The van der Waals surface area contributed by atoms with Crippen molar-refractivity contribution in [2.75, 3.05) is 19.6 Å². The number of nitrogens with zero attached hydrogens (tertiary/aromatic N) is 1. The lowest BCUT2D eigenvalue weighted by Crippen LogP contribution is -2.55. The monoisotopic (exact) mass is 154 g/mol. The van der Waals surface area contributed by atoms with Crippen LogP contribution in [-0.4, -0.2) is 36.6 Å². The quantitative estimate of drug-likeness (QED) is 0.602. The minimum Gasteiger partial charge on any atom is -0.311 e. The molecule has 0 bridgehead atoms. The van der Waals surface area contributed by atoms with Crippen LogP contribution < -0.4 is 5.32 Å². The van der Waals surface area contributed by atoms with Gasteiger partial charge >= 0.3 is 0 Å². The molecule has 0 radical (unpaired) electrons. The molecule has 2 fully saturated rings. The van der Waals surface area contributed by atoms with Gasteiger partial charge in [0.1, 0.15) is 0 Å². The van der Waals surface area contributed by atoms with E-state index in [9.17, 15) is 0 Å². The fourth-order valence-electron chi connectivity index (χ4n) is 2.57. The SMILES string of the molecule is CCN1CCN[C@H]2CCC[C@H]21. The predicted octanol–water partition coefficient (Wildman–Crippen LogP) is 0.833. The second-order valence-electron chi connectivity index (χ2n) is 3.69. The molecule has 2 nitrogen and oxygen atoms in total. The summed E-state index contributed by atoms with van der Waals surface area (Å²) in [6.07, 6.45) is 4.26. The van der Waals surface area contributed by atoms with Crippen LogP contribution in [0.2, 0.25) is 0 Å². The Labute approximate surface area is 69.0 Å². The highest BCUT2D eigenvalue weighted by Crippen LogP contribution is 2.25. The highest BCUT2D eigenvalue weighted by molar-refractivity contribution is 4.93. The fourth-order valence-corrected chi connectivity index (χ4v) is 2.57. The molecular formula is C9H18N2. The Kier molecular flexibility index (Phi) is 2.14. The standard InChI is InChI=1S/C9H18N2/c1-2-11-7-6-10-8-4-3-5-9(8)11/h8-10H,2-7H2,1H3/t8-,9+/m0/s1. The first-order valence-electron chi connectivity index (χ1n) is 4.89. The van der Waals surface area contributed by atoms with Crippen LogP contribution in [0.1, 0.15) is 26.2 Å². The number of piperazine rings is 1. The van der Waals surface area contributed by atoms with Gasteiger partial charge in [-0.05, 0) is 19.4 Å². The number of hydrogen-bond acceptors (Lipinski definition) is 2. The summed E-state index contributed by atoms with van der Waals surface area (Å²) in [7, 11) is 0. The van der Waals surface area contributed by atoms with Gasteiger partial charge in [0, 0.05) is 25.2 Å². The van der Waals surface area contributed by atoms with Crippen molar-refractivity contribution in [3.8, 4) is 0 Å². The lowest BCUT2D eigenvalue weighted by Gasteiger charge is -2.37. The van der Waals surface area contributed by atoms with Crippen LogP contribution in [0.3, 0.4) is 0 Å². The van der Waals surface area contributed by atoms with Gasteiger partial charge in [0.05, 0.1) is 0 Å². The van der Waals surface area contributed by atoms with E-state index in [1.807, 2.05) is 0 Å². The lowest BCUT2D eigenvalue weighted by atomic mass is 10.1. The van der Waals surface area contributed by atoms with Crippen molar-refractivity contribution in [1.29, 1.82) is 0 Å². The van der Waals surface area contributed by atoms with E-state index in [1.54, 1.807) is 0 Å². The van der Waals surface area contributed by atoms with Crippen LogP contribution in [0, 0.1) is 0 Å². The van der Waals surface area contributed by atoms with Crippen LogP contribution in [0.4, 0.5) is 0 Å². The van der Waals surface area contributed by atoms with E-state index in [2.05, 4.69) is 17.1 Å². The molecule has 0 aromatic carbocycles. The van der Waals surface area contributed by atoms with Crippen molar-refractivity contribution in [1.82, 2.24) is 10.2 Å². The summed E-state index contributed by atoms with van der Waals surface area (Å²) in [4.78, 5) is 2.63. The molecular weight excluding hydrogens is 136 g/mol. The molecule has 0 amide bonds. The van der Waals surface area contributed by atoms with E-state index in [-0.39, 0.29) is 0 Å². The molecule has 2 rings (SSSR count). The second-order valence-corrected chi connectivity index (χ2v) is 3.69. The third-order valence-electron chi connectivity index (χ3n) is 3.16. The maximum absolute atomic E-state index is 3.60. The Morgan fingerprint density at radius 3 is 3.18 bits per heavy atom. The van der Waals surface area contributed by atoms with E-state index in [0.717, 1.165) is 12.1 Å². The molecule has 1 aliphatic carbocycles. The van der Waals surface area contributed by atoms with E-state index >= 15 is 0 Å². The van der Waals surface area contributed by atoms with Crippen molar-refractivity contribution in [3.05, 3.63) is 0 Å². The van der Waals surface area contributed by atoms with Crippen molar-refractivity contribution in [2.24, 2.45) is 0 Å². The topological polar surface area (TPSA) is 15.3 Å². The van der Waals surface area contributed by atoms with E-state index in [4.69, 9.17) is 0 Å². The molecule has 11 heavy (non-hydrogen) atoms. The van der Waals surface area contributed by atoms with Crippen LogP contribution in [0.15, 0.2) is 0 Å². The molecule has 0 aromatic rings. The molecule has 1 saturated heterocycles. The van der Waals surface area contributed by atoms with Crippen LogP contribution in [-0.2, 0) is 0 Å². The van der Waals surface area contributed by atoms with E-state index in [0.29, 0.717) is 0 Å². The van der Waals surface area contributed by atoms with E-state index < -0.39 is 0 Å². The summed E-state index contributed by atoms with van der Waals surface area (Å²) in [5, 5.41) is 3.60. The van der Waals surface area contributed by atoms with Gasteiger partial charge in [-0.3, -0.25) is 4.90 Å². The van der Waals surface area contributed by atoms with Crippen LogP contribution >= 0.6 is 0 Å². The molecule has 1 heterocycles. The van der Waals surface area contributed by atoms with Gasteiger partial charge in [-0.15, -0.1) is 0 Å². The van der Waals surface area contributed by atoms with Crippen LogP contribution in [0.5, 0.6) is 0 Å². The first-order valence-corrected chi connectivity index (χ1v) is 4.89. The molecule has 0 aromatic heterocycles. The molecule has 0 spiro atoms. The molecule has 1 aliphatic heterocycles. The third kappa shape index (κ3) is 1.30. The summed E-state index contributed by atoms with van der Waals surface area (Å²) in [5.74, 6) is 0. The Morgan fingerprint density at radius 2 is 2.36 bits per heavy atom.